The smallest absolute Gasteiger partial charge is 0.326 e. The standard InChI is InChI=1S/C18H22N2O5/c1-11(16(21)20-9-5-8-14(20)17(22)23)19-13-10-15(25-18(13)24)12-6-3-2-4-7-12/h2-4,6-7,11,13-15,19H,5,8-10H2,1H3,(H,22,23)/t11-,13?,14-,15?/m0/s1. The summed E-state index contributed by atoms with van der Waals surface area (Å²) in [5.74, 6) is -1.66. The van der Waals surface area contributed by atoms with Gasteiger partial charge in [-0.3, -0.25) is 14.9 Å². The van der Waals surface area contributed by atoms with Crippen molar-refractivity contribution in [2.45, 2.75) is 50.4 Å². The minimum atomic E-state index is -0.984. The second-order valence-electron chi connectivity index (χ2n) is 6.54. The monoisotopic (exact) mass is 346 g/mol. The summed E-state index contributed by atoms with van der Waals surface area (Å²) in [6.45, 7) is 2.09. The van der Waals surface area contributed by atoms with Crippen molar-refractivity contribution in [3.8, 4) is 0 Å². The number of benzene rings is 1. The molecule has 2 aliphatic heterocycles. The van der Waals surface area contributed by atoms with Gasteiger partial charge < -0.3 is 14.7 Å². The van der Waals surface area contributed by atoms with Crippen molar-refractivity contribution in [3.63, 3.8) is 0 Å². The van der Waals surface area contributed by atoms with E-state index in [0.717, 1.165) is 5.56 Å². The lowest BCUT2D eigenvalue weighted by Gasteiger charge is -2.26. The zero-order valence-corrected chi connectivity index (χ0v) is 14.1. The summed E-state index contributed by atoms with van der Waals surface area (Å²) < 4.78 is 5.41. The van der Waals surface area contributed by atoms with E-state index in [4.69, 9.17) is 4.74 Å². The topological polar surface area (TPSA) is 95.9 Å². The van der Waals surface area contributed by atoms with Crippen LogP contribution in [0.4, 0.5) is 0 Å². The molecule has 0 spiro atoms. The number of nitrogens with zero attached hydrogens (tertiary/aromatic N) is 1. The zero-order valence-electron chi connectivity index (χ0n) is 14.1. The van der Waals surface area contributed by atoms with Crippen LogP contribution in [0.15, 0.2) is 30.3 Å². The van der Waals surface area contributed by atoms with Crippen molar-refractivity contribution in [2.24, 2.45) is 0 Å². The summed E-state index contributed by atoms with van der Waals surface area (Å²) in [7, 11) is 0. The Morgan fingerprint density at radius 2 is 2.04 bits per heavy atom. The fourth-order valence-electron chi connectivity index (χ4n) is 3.50. The van der Waals surface area contributed by atoms with Gasteiger partial charge in [0.05, 0.1) is 6.04 Å². The molecule has 0 aromatic heterocycles. The molecule has 0 bridgehead atoms. The van der Waals surface area contributed by atoms with Gasteiger partial charge in [0.1, 0.15) is 18.2 Å². The quantitative estimate of drug-likeness (QED) is 0.775. The van der Waals surface area contributed by atoms with E-state index in [1.165, 1.54) is 4.90 Å². The first-order valence-corrected chi connectivity index (χ1v) is 8.52. The Balaban J connectivity index is 1.61. The molecule has 2 fully saturated rings. The molecule has 2 unspecified atom stereocenters. The van der Waals surface area contributed by atoms with E-state index >= 15 is 0 Å². The van der Waals surface area contributed by atoms with Crippen LogP contribution in [0, 0.1) is 0 Å². The summed E-state index contributed by atoms with van der Waals surface area (Å²) in [5, 5.41) is 12.2. The maximum Gasteiger partial charge on any atom is 0.326 e. The second-order valence-corrected chi connectivity index (χ2v) is 6.54. The molecule has 0 saturated carbocycles. The van der Waals surface area contributed by atoms with Crippen molar-refractivity contribution < 1.29 is 24.2 Å². The lowest BCUT2D eigenvalue weighted by molar-refractivity contribution is -0.149. The number of nitrogens with one attached hydrogen (secondary N) is 1. The highest BCUT2D eigenvalue weighted by Crippen LogP contribution is 2.30. The molecule has 1 aromatic carbocycles. The SMILES string of the molecule is C[C@H](NC1CC(c2ccccc2)OC1=O)C(=O)N1CCC[C@H]1C(=O)O. The highest BCUT2D eigenvalue weighted by Gasteiger charge is 2.40. The van der Waals surface area contributed by atoms with Crippen molar-refractivity contribution in [1.29, 1.82) is 0 Å². The van der Waals surface area contributed by atoms with Gasteiger partial charge in [0.25, 0.3) is 0 Å². The number of aliphatic carboxylic acids is 1. The third-order valence-electron chi connectivity index (χ3n) is 4.81. The number of esters is 1. The number of ether oxygens (including phenoxy) is 1. The van der Waals surface area contributed by atoms with E-state index in [0.29, 0.717) is 25.8 Å². The first kappa shape index (κ1) is 17.4. The summed E-state index contributed by atoms with van der Waals surface area (Å²) >= 11 is 0. The third kappa shape index (κ3) is 3.66. The van der Waals surface area contributed by atoms with Gasteiger partial charge in [-0.1, -0.05) is 30.3 Å². The van der Waals surface area contributed by atoms with Crippen LogP contribution in [-0.4, -0.2) is 52.5 Å². The van der Waals surface area contributed by atoms with Crippen molar-refractivity contribution >= 4 is 17.8 Å². The Hall–Kier alpha value is -2.41. The van der Waals surface area contributed by atoms with E-state index < -0.39 is 24.1 Å². The van der Waals surface area contributed by atoms with E-state index in [-0.39, 0.29) is 18.0 Å². The molecule has 0 radical (unpaired) electrons. The summed E-state index contributed by atoms with van der Waals surface area (Å²) in [6, 6.07) is 7.47. The number of hydrogen-bond donors (Lipinski definition) is 2. The lowest BCUT2D eigenvalue weighted by atomic mass is 10.0. The summed E-state index contributed by atoms with van der Waals surface area (Å²) in [5.41, 5.74) is 0.921. The zero-order chi connectivity index (χ0) is 18.0. The average molecular weight is 346 g/mol. The summed E-state index contributed by atoms with van der Waals surface area (Å²) in [6.07, 6.45) is 1.27. The van der Waals surface area contributed by atoms with Crippen LogP contribution in [0.1, 0.15) is 37.9 Å². The minimum absolute atomic E-state index is 0.291. The molecule has 25 heavy (non-hydrogen) atoms. The van der Waals surface area contributed by atoms with Crippen LogP contribution in [0.2, 0.25) is 0 Å². The third-order valence-corrected chi connectivity index (χ3v) is 4.81. The predicted molar refractivity (Wildman–Crippen MR) is 88.6 cm³/mol. The molecule has 1 aromatic rings. The molecule has 0 aliphatic carbocycles. The van der Waals surface area contributed by atoms with Crippen LogP contribution < -0.4 is 5.32 Å². The van der Waals surface area contributed by atoms with Gasteiger partial charge in [-0.2, -0.15) is 0 Å². The molecular formula is C18H22N2O5. The number of cyclic esters (lactones) is 1. The maximum atomic E-state index is 12.6. The van der Waals surface area contributed by atoms with Crippen molar-refractivity contribution in [3.05, 3.63) is 35.9 Å². The van der Waals surface area contributed by atoms with Crippen LogP contribution >= 0.6 is 0 Å². The average Bonchev–Trinajstić information content (AvgIpc) is 3.22. The Bertz CT molecular complexity index is 663. The Labute approximate surface area is 146 Å². The van der Waals surface area contributed by atoms with E-state index in [1.54, 1.807) is 6.92 Å². The molecule has 3 rings (SSSR count). The number of hydrogen-bond acceptors (Lipinski definition) is 5. The fourth-order valence-corrected chi connectivity index (χ4v) is 3.50. The Morgan fingerprint density at radius 1 is 1.32 bits per heavy atom. The molecule has 2 heterocycles. The van der Waals surface area contributed by atoms with Crippen molar-refractivity contribution in [2.75, 3.05) is 6.54 Å². The number of amides is 1. The Kier molecular flexibility index (Phi) is 5.03. The molecule has 2 N–H and O–H groups in total. The van der Waals surface area contributed by atoms with E-state index in [2.05, 4.69) is 5.32 Å². The van der Waals surface area contributed by atoms with Crippen LogP contribution in [0.5, 0.6) is 0 Å². The van der Waals surface area contributed by atoms with Gasteiger partial charge in [0, 0.05) is 13.0 Å². The van der Waals surface area contributed by atoms with Crippen LogP contribution in [0.3, 0.4) is 0 Å². The van der Waals surface area contributed by atoms with Crippen LogP contribution in [-0.2, 0) is 19.1 Å². The number of likely N-dealkylation sites (tertiary alicyclic amines) is 1. The number of carbonyl (C=O) groups excluding carboxylic acids is 2. The van der Waals surface area contributed by atoms with Gasteiger partial charge in [0.2, 0.25) is 5.91 Å². The molecule has 7 heteroatoms. The highest BCUT2D eigenvalue weighted by molar-refractivity contribution is 5.88. The van der Waals surface area contributed by atoms with Crippen LogP contribution in [0.25, 0.3) is 0 Å². The molecular weight excluding hydrogens is 324 g/mol. The van der Waals surface area contributed by atoms with E-state index in [1.807, 2.05) is 30.3 Å². The number of rotatable bonds is 5. The van der Waals surface area contributed by atoms with Crippen molar-refractivity contribution in [1.82, 2.24) is 10.2 Å². The molecule has 2 saturated heterocycles. The number of carbonyl (C=O) groups is 3. The molecule has 2 aliphatic rings. The molecule has 1 amide bonds. The number of carboxylic acid groups (broad SMARTS) is 1. The Morgan fingerprint density at radius 3 is 2.72 bits per heavy atom. The fraction of sp³-hybridized carbons (Fsp3) is 0.500. The normalized spacial score (nSPS) is 27.2. The van der Waals surface area contributed by atoms with E-state index in [9.17, 15) is 19.5 Å². The molecule has 4 atom stereocenters. The highest BCUT2D eigenvalue weighted by atomic mass is 16.6. The van der Waals surface area contributed by atoms with Gasteiger partial charge in [-0.05, 0) is 25.3 Å². The summed E-state index contributed by atoms with van der Waals surface area (Å²) in [4.78, 5) is 37.3. The predicted octanol–water partition coefficient (Wildman–Crippen LogP) is 1.10. The first-order valence-electron chi connectivity index (χ1n) is 8.52. The molecule has 134 valence electrons. The second kappa shape index (κ2) is 7.23. The largest absolute Gasteiger partial charge is 0.480 e. The van der Waals surface area contributed by atoms with Gasteiger partial charge >= 0.3 is 11.9 Å². The first-order chi connectivity index (χ1) is 12.0. The minimum Gasteiger partial charge on any atom is -0.480 e. The maximum absolute atomic E-state index is 12.6. The van der Waals surface area contributed by atoms with Gasteiger partial charge in [-0.25, -0.2) is 4.79 Å². The van der Waals surface area contributed by atoms with Gasteiger partial charge in [-0.15, -0.1) is 0 Å². The molecule has 7 nitrogen and oxygen atoms in total. The number of carboxylic acids is 1. The van der Waals surface area contributed by atoms with Gasteiger partial charge in [0.15, 0.2) is 0 Å². The lowest BCUT2D eigenvalue weighted by Crippen LogP contribution is -2.52.